The molecule has 0 atom stereocenters. The van der Waals surface area contributed by atoms with Crippen molar-refractivity contribution >= 4 is 29.0 Å². The van der Waals surface area contributed by atoms with E-state index in [-0.39, 0.29) is 34.0 Å². The van der Waals surface area contributed by atoms with Gasteiger partial charge in [-0.15, -0.1) is 10.2 Å². The fourth-order valence-electron chi connectivity index (χ4n) is 2.37. The summed E-state index contributed by atoms with van der Waals surface area (Å²) in [5.41, 5.74) is 2.89. The number of nitrogens with one attached hydrogen (secondary N) is 1. The molecule has 0 aliphatic carbocycles. The standard InChI is InChI=1S/C18H16N4O4S/c1-11-7-8-12(2)14(9-11)19-16(23)10-27-18-21-20-17(26-18)13-5-3-4-6-15(13)22(24)25/h3-9H,10H2,1-2H3,(H,19,23). The smallest absolute Gasteiger partial charge is 0.282 e. The van der Waals surface area contributed by atoms with Crippen molar-refractivity contribution in [1.82, 2.24) is 10.2 Å². The van der Waals surface area contributed by atoms with E-state index < -0.39 is 4.92 Å². The Labute approximate surface area is 159 Å². The number of nitro groups is 1. The molecule has 2 aromatic carbocycles. The van der Waals surface area contributed by atoms with Crippen molar-refractivity contribution in [3.05, 3.63) is 63.7 Å². The van der Waals surface area contributed by atoms with E-state index in [1.807, 2.05) is 32.0 Å². The normalized spacial score (nSPS) is 10.6. The first-order valence-electron chi connectivity index (χ1n) is 8.01. The molecule has 0 aliphatic heterocycles. The number of rotatable bonds is 6. The van der Waals surface area contributed by atoms with Crippen LogP contribution in [0.5, 0.6) is 0 Å². The highest BCUT2D eigenvalue weighted by atomic mass is 32.2. The van der Waals surface area contributed by atoms with E-state index in [4.69, 9.17) is 4.42 Å². The summed E-state index contributed by atoms with van der Waals surface area (Å²) in [5, 5.41) is 21.8. The second-order valence-electron chi connectivity index (χ2n) is 5.80. The van der Waals surface area contributed by atoms with Crippen molar-refractivity contribution in [2.45, 2.75) is 19.1 Å². The summed E-state index contributed by atoms with van der Waals surface area (Å²) < 4.78 is 5.46. The number of carbonyl (C=O) groups excluding carboxylic acids is 1. The first kappa shape index (κ1) is 18.6. The lowest BCUT2D eigenvalue weighted by Gasteiger charge is -2.08. The molecule has 1 heterocycles. The quantitative estimate of drug-likeness (QED) is 0.388. The van der Waals surface area contributed by atoms with Crippen molar-refractivity contribution in [2.24, 2.45) is 0 Å². The second kappa shape index (κ2) is 8.00. The van der Waals surface area contributed by atoms with Gasteiger partial charge in [-0.1, -0.05) is 36.0 Å². The minimum absolute atomic E-state index is 0.0414. The number of hydrogen-bond acceptors (Lipinski definition) is 7. The van der Waals surface area contributed by atoms with Crippen molar-refractivity contribution in [3.63, 3.8) is 0 Å². The first-order valence-corrected chi connectivity index (χ1v) is 9.00. The summed E-state index contributed by atoms with van der Waals surface area (Å²) in [6.45, 7) is 3.87. The number of hydrogen-bond donors (Lipinski definition) is 1. The zero-order valence-electron chi connectivity index (χ0n) is 14.6. The number of anilines is 1. The third-order valence-corrected chi connectivity index (χ3v) is 4.55. The van der Waals surface area contributed by atoms with Gasteiger partial charge in [0, 0.05) is 11.8 Å². The minimum atomic E-state index is -0.510. The van der Waals surface area contributed by atoms with Gasteiger partial charge in [-0.25, -0.2) is 0 Å². The molecule has 9 heteroatoms. The topological polar surface area (TPSA) is 111 Å². The number of amides is 1. The summed E-state index contributed by atoms with van der Waals surface area (Å²) in [4.78, 5) is 22.7. The summed E-state index contributed by atoms with van der Waals surface area (Å²) >= 11 is 1.07. The molecule has 0 aliphatic rings. The van der Waals surface area contributed by atoms with Gasteiger partial charge in [0.05, 0.1) is 10.7 Å². The number of aromatic nitrogens is 2. The highest BCUT2D eigenvalue weighted by molar-refractivity contribution is 7.99. The van der Waals surface area contributed by atoms with Crippen LogP contribution in [0.15, 0.2) is 52.1 Å². The van der Waals surface area contributed by atoms with Gasteiger partial charge in [0.25, 0.3) is 16.8 Å². The highest BCUT2D eigenvalue weighted by Crippen LogP contribution is 2.30. The van der Waals surface area contributed by atoms with E-state index in [1.165, 1.54) is 12.1 Å². The van der Waals surface area contributed by atoms with Crippen LogP contribution < -0.4 is 5.32 Å². The predicted octanol–water partition coefficient (Wildman–Crippen LogP) is 3.99. The van der Waals surface area contributed by atoms with Crippen LogP contribution in [0.4, 0.5) is 11.4 Å². The molecular formula is C18H16N4O4S. The van der Waals surface area contributed by atoms with E-state index in [0.717, 1.165) is 28.6 Å². The van der Waals surface area contributed by atoms with Crippen LogP contribution in [-0.4, -0.2) is 26.8 Å². The van der Waals surface area contributed by atoms with Gasteiger partial charge in [0.2, 0.25) is 5.91 Å². The van der Waals surface area contributed by atoms with Gasteiger partial charge >= 0.3 is 0 Å². The first-order chi connectivity index (χ1) is 12.9. The molecule has 3 rings (SSSR count). The molecular weight excluding hydrogens is 368 g/mol. The fourth-order valence-corrected chi connectivity index (χ4v) is 2.94. The van der Waals surface area contributed by atoms with Crippen LogP contribution in [-0.2, 0) is 4.79 Å². The zero-order chi connectivity index (χ0) is 19.4. The Hall–Kier alpha value is -3.20. The Balaban J connectivity index is 1.66. The number of nitro benzene ring substituents is 1. The maximum Gasteiger partial charge on any atom is 0.282 e. The zero-order valence-corrected chi connectivity index (χ0v) is 15.4. The molecule has 1 amide bonds. The molecule has 3 aromatic rings. The summed E-state index contributed by atoms with van der Waals surface area (Å²) in [6.07, 6.45) is 0. The van der Waals surface area contributed by atoms with Crippen LogP contribution in [0, 0.1) is 24.0 Å². The van der Waals surface area contributed by atoms with E-state index in [9.17, 15) is 14.9 Å². The third kappa shape index (κ3) is 4.50. The van der Waals surface area contributed by atoms with Crippen molar-refractivity contribution in [2.75, 3.05) is 11.1 Å². The summed E-state index contributed by atoms with van der Waals surface area (Å²) in [6, 6.07) is 11.9. The molecule has 0 fully saturated rings. The predicted molar refractivity (Wildman–Crippen MR) is 102 cm³/mol. The van der Waals surface area contributed by atoms with Crippen molar-refractivity contribution in [3.8, 4) is 11.5 Å². The van der Waals surface area contributed by atoms with E-state index in [1.54, 1.807) is 12.1 Å². The number of aryl methyl sites for hydroxylation is 2. The summed E-state index contributed by atoms with van der Waals surface area (Å²) in [7, 11) is 0. The largest absolute Gasteiger partial charge is 0.411 e. The average Bonchev–Trinajstić information content (AvgIpc) is 3.12. The molecule has 0 spiro atoms. The molecule has 0 bridgehead atoms. The molecule has 1 N–H and O–H groups in total. The lowest BCUT2D eigenvalue weighted by molar-refractivity contribution is -0.384. The van der Waals surface area contributed by atoms with Crippen LogP contribution in [0.25, 0.3) is 11.5 Å². The molecule has 0 saturated heterocycles. The van der Waals surface area contributed by atoms with Crippen molar-refractivity contribution in [1.29, 1.82) is 0 Å². The Morgan fingerprint density at radius 2 is 2.00 bits per heavy atom. The maximum absolute atomic E-state index is 12.2. The Kier molecular flexibility index (Phi) is 5.51. The van der Waals surface area contributed by atoms with Crippen LogP contribution in [0.3, 0.4) is 0 Å². The SMILES string of the molecule is Cc1ccc(C)c(NC(=O)CSc2nnc(-c3ccccc3[N+](=O)[O-])o2)c1. The minimum Gasteiger partial charge on any atom is -0.411 e. The van der Waals surface area contributed by atoms with Crippen LogP contribution >= 0.6 is 11.8 Å². The molecule has 138 valence electrons. The molecule has 1 aromatic heterocycles. The average molecular weight is 384 g/mol. The third-order valence-electron chi connectivity index (χ3n) is 3.73. The van der Waals surface area contributed by atoms with Gasteiger partial charge in [-0.2, -0.15) is 0 Å². The van der Waals surface area contributed by atoms with Gasteiger partial charge in [0.15, 0.2) is 0 Å². The lowest BCUT2D eigenvalue weighted by atomic mass is 10.1. The Morgan fingerprint density at radius 1 is 1.22 bits per heavy atom. The van der Waals surface area contributed by atoms with Crippen molar-refractivity contribution < 1.29 is 14.1 Å². The second-order valence-corrected chi connectivity index (χ2v) is 6.73. The number of para-hydroxylation sites is 1. The van der Waals surface area contributed by atoms with Gasteiger partial charge < -0.3 is 9.73 Å². The molecule has 0 radical (unpaired) electrons. The van der Waals surface area contributed by atoms with E-state index in [0.29, 0.717) is 0 Å². The van der Waals surface area contributed by atoms with Crippen LogP contribution in [0.2, 0.25) is 0 Å². The molecule has 0 saturated carbocycles. The van der Waals surface area contributed by atoms with Gasteiger partial charge in [-0.05, 0) is 37.1 Å². The molecule has 8 nitrogen and oxygen atoms in total. The maximum atomic E-state index is 12.2. The Morgan fingerprint density at radius 3 is 2.78 bits per heavy atom. The lowest BCUT2D eigenvalue weighted by Crippen LogP contribution is -2.14. The van der Waals surface area contributed by atoms with Crippen LogP contribution in [0.1, 0.15) is 11.1 Å². The number of thioether (sulfide) groups is 1. The van der Waals surface area contributed by atoms with E-state index >= 15 is 0 Å². The number of benzene rings is 2. The van der Waals surface area contributed by atoms with Gasteiger partial charge in [0.1, 0.15) is 5.56 Å². The van der Waals surface area contributed by atoms with Gasteiger partial charge in [-0.3, -0.25) is 14.9 Å². The number of nitrogens with zero attached hydrogens (tertiary/aromatic N) is 3. The fraction of sp³-hybridized carbons (Fsp3) is 0.167. The highest BCUT2D eigenvalue weighted by Gasteiger charge is 2.20. The molecule has 0 unspecified atom stereocenters. The van der Waals surface area contributed by atoms with E-state index in [2.05, 4.69) is 15.5 Å². The monoisotopic (exact) mass is 384 g/mol. The number of carbonyl (C=O) groups is 1. The molecule has 27 heavy (non-hydrogen) atoms. The Bertz CT molecular complexity index is 1000. The summed E-state index contributed by atoms with van der Waals surface area (Å²) in [5.74, 6) is -0.0924.